The van der Waals surface area contributed by atoms with E-state index in [1.807, 2.05) is 0 Å². The molecule has 0 aromatic carbocycles. The lowest BCUT2D eigenvalue weighted by Crippen LogP contribution is -2.41. The maximum atomic E-state index is 11.5. The van der Waals surface area contributed by atoms with Gasteiger partial charge < -0.3 is 24.8 Å². The molecule has 0 aliphatic heterocycles. The molecule has 11 heteroatoms. The van der Waals surface area contributed by atoms with Crippen LogP contribution in [0.4, 0.5) is 4.79 Å². The predicted octanol–water partition coefficient (Wildman–Crippen LogP) is -1.50. The van der Waals surface area contributed by atoms with Crippen molar-refractivity contribution in [2.24, 2.45) is 0 Å². The van der Waals surface area contributed by atoms with E-state index in [1.54, 1.807) is 20.8 Å². The summed E-state index contributed by atoms with van der Waals surface area (Å²) in [5, 5.41) is 6.97. The van der Waals surface area contributed by atoms with Gasteiger partial charge in [-0.25, -0.2) is 4.79 Å². The minimum absolute atomic E-state index is 0.166. The fourth-order valence-electron chi connectivity index (χ4n) is 1.33. The van der Waals surface area contributed by atoms with Crippen molar-refractivity contribution >= 4 is 29.7 Å². The molecule has 3 N–H and O–H groups in total. The number of nitrogens with one attached hydrogen (secondary N) is 3. The number of Topliss-reactive ketones (excluding diaryl/α,β-unsaturated/α-hetero) is 1. The summed E-state index contributed by atoms with van der Waals surface area (Å²) >= 11 is 0. The number of methoxy groups -OCH3 is 1. The van der Waals surface area contributed by atoms with Gasteiger partial charge in [-0.15, -0.1) is 0 Å². The van der Waals surface area contributed by atoms with Crippen LogP contribution in [0.25, 0.3) is 0 Å². The molecule has 0 aromatic heterocycles. The van der Waals surface area contributed by atoms with Gasteiger partial charge in [0.25, 0.3) is 0 Å². The Labute approximate surface area is 151 Å². The Hall–Kier alpha value is -2.69. The van der Waals surface area contributed by atoms with Crippen molar-refractivity contribution in [3.63, 3.8) is 0 Å². The molecule has 0 saturated carbocycles. The Morgan fingerprint density at radius 3 is 2.04 bits per heavy atom. The van der Waals surface area contributed by atoms with Gasteiger partial charge in [0.15, 0.2) is 12.4 Å². The summed E-state index contributed by atoms with van der Waals surface area (Å²) in [5.74, 6) is -2.43. The lowest BCUT2D eigenvalue weighted by Gasteiger charge is -2.19. The molecule has 0 atom stereocenters. The molecule has 2 amide bonds. The van der Waals surface area contributed by atoms with Crippen molar-refractivity contribution in [3.8, 4) is 0 Å². The van der Waals surface area contributed by atoms with E-state index in [9.17, 15) is 24.0 Å². The number of rotatable bonds is 10. The molecule has 0 bridgehead atoms. The zero-order chi connectivity index (χ0) is 20.2. The first-order valence-electron chi connectivity index (χ1n) is 7.72. The first kappa shape index (κ1) is 23.3. The lowest BCUT2D eigenvalue weighted by atomic mass is 10.2. The summed E-state index contributed by atoms with van der Waals surface area (Å²) in [5.41, 5.74) is -0.688. The lowest BCUT2D eigenvalue weighted by molar-refractivity contribution is -0.147. The Kier molecular flexibility index (Phi) is 10.6. The summed E-state index contributed by atoms with van der Waals surface area (Å²) in [6.07, 6.45) is -0.757. The molecule has 0 aliphatic carbocycles. The third-order valence-corrected chi connectivity index (χ3v) is 2.44. The van der Waals surface area contributed by atoms with E-state index in [0.717, 1.165) is 0 Å². The number of esters is 2. The summed E-state index contributed by atoms with van der Waals surface area (Å²) in [6, 6.07) is 0. The maximum Gasteiger partial charge on any atom is 0.408 e. The van der Waals surface area contributed by atoms with Gasteiger partial charge in [-0.3, -0.25) is 24.5 Å². The normalized spacial score (nSPS) is 10.5. The van der Waals surface area contributed by atoms with Crippen LogP contribution >= 0.6 is 0 Å². The molecule has 148 valence electrons. The fraction of sp³-hybridized carbons (Fsp3) is 0.667. The molecule has 0 aliphatic rings. The molecule has 0 unspecified atom stereocenters. The minimum atomic E-state index is -0.757. The van der Waals surface area contributed by atoms with Gasteiger partial charge in [0, 0.05) is 0 Å². The van der Waals surface area contributed by atoms with Crippen LogP contribution in [0.1, 0.15) is 20.8 Å². The minimum Gasteiger partial charge on any atom is -0.468 e. The molecule has 11 nitrogen and oxygen atoms in total. The second-order valence-corrected chi connectivity index (χ2v) is 6.01. The number of ether oxygens (including phenoxy) is 3. The quantitative estimate of drug-likeness (QED) is 0.306. The van der Waals surface area contributed by atoms with E-state index in [1.165, 1.54) is 7.11 Å². The van der Waals surface area contributed by atoms with Gasteiger partial charge >= 0.3 is 18.0 Å². The van der Waals surface area contributed by atoms with Gasteiger partial charge in [0.2, 0.25) is 5.91 Å². The molecular weight excluding hydrogens is 350 g/mol. The molecule has 0 saturated heterocycles. The smallest absolute Gasteiger partial charge is 0.408 e. The molecule has 0 radical (unpaired) electrons. The van der Waals surface area contributed by atoms with E-state index in [0.29, 0.717) is 0 Å². The van der Waals surface area contributed by atoms with Crippen LogP contribution in [-0.4, -0.2) is 75.2 Å². The van der Waals surface area contributed by atoms with Crippen molar-refractivity contribution in [1.29, 1.82) is 0 Å². The van der Waals surface area contributed by atoms with Gasteiger partial charge in [-0.1, -0.05) is 0 Å². The van der Waals surface area contributed by atoms with Crippen LogP contribution in [0.15, 0.2) is 0 Å². The van der Waals surface area contributed by atoms with E-state index < -0.39 is 41.9 Å². The number of amides is 2. The highest BCUT2D eigenvalue weighted by molar-refractivity contribution is 5.89. The average Bonchev–Trinajstić information content (AvgIpc) is 2.54. The van der Waals surface area contributed by atoms with Crippen molar-refractivity contribution in [2.75, 3.05) is 39.9 Å². The predicted molar refractivity (Wildman–Crippen MR) is 88.1 cm³/mol. The Morgan fingerprint density at radius 1 is 0.846 bits per heavy atom. The second-order valence-electron chi connectivity index (χ2n) is 6.01. The summed E-state index contributed by atoms with van der Waals surface area (Å²) in [4.78, 5) is 56.5. The van der Waals surface area contributed by atoms with Crippen LogP contribution in [0, 0.1) is 0 Å². The number of alkyl carbamates (subject to hydrolysis) is 1. The number of hydrogen-bond acceptors (Lipinski definition) is 9. The average molecular weight is 375 g/mol. The van der Waals surface area contributed by atoms with Gasteiger partial charge in [0.1, 0.15) is 12.1 Å². The summed E-state index contributed by atoms with van der Waals surface area (Å²) in [6.45, 7) is 3.34. The summed E-state index contributed by atoms with van der Waals surface area (Å²) in [7, 11) is 1.21. The monoisotopic (exact) mass is 375 g/mol. The molecule has 0 rings (SSSR count). The molecular formula is C15H25N3O8. The SMILES string of the molecule is COC(=O)CNCC(=O)OCC(=O)CNC(=O)CNC(=O)OC(C)(C)C. The Bertz CT molecular complexity index is 527. The second kappa shape index (κ2) is 11.8. The largest absolute Gasteiger partial charge is 0.468 e. The number of carbonyl (C=O) groups excluding carboxylic acids is 5. The summed E-state index contributed by atoms with van der Waals surface area (Å²) < 4.78 is 14.0. The number of ketones is 1. The number of carbonyl (C=O) groups is 5. The Morgan fingerprint density at radius 2 is 1.46 bits per heavy atom. The highest BCUT2D eigenvalue weighted by Crippen LogP contribution is 2.05. The van der Waals surface area contributed by atoms with Crippen molar-refractivity contribution in [1.82, 2.24) is 16.0 Å². The fourth-order valence-corrected chi connectivity index (χ4v) is 1.33. The van der Waals surface area contributed by atoms with E-state index >= 15 is 0 Å². The zero-order valence-corrected chi connectivity index (χ0v) is 15.3. The highest BCUT2D eigenvalue weighted by Gasteiger charge is 2.17. The van der Waals surface area contributed by atoms with Gasteiger partial charge in [0.05, 0.1) is 26.7 Å². The molecule has 0 fully saturated rings. The molecule has 0 heterocycles. The maximum absolute atomic E-state index is 11.5. The topological polar surface area (TPSA) is 149 Å². The van der Waals surface area contributed by atoms with E-state index in [2.05, 4.69) is 25.4 Å². The van der Waals surface area contributed by atoms with E-state index in [4.69, 9.17) is 4.74 Å². The molecule has 0 spiro atoms. The van der Waals surface area contributed by atoms with Crippen LogP contribution < -0.4 is 16.0 Å². The van der Waals surface area contributed by atoms with Gasteiger partial charge in [-0.2, -0.15) is 0 Å². The zero-order valence-electron chi connectivity index (χ0n) is 15.3. The highest BCUT2D eigenvalue weighted by atomic mass is 16.6. The van der Waals surface area contributed by atoms with E-state index in [-0.39, 0.29) is 26.2 Å². The standard InChI is InChI=1S/C15H25N3O8/c1-15(2,3)26-14(23)18-6-11(20)17-5-10(19)9-25-13(22)8-16-7-12(21)24-4/h16H,5-9H2,1-4H3,(H,17,20)(H,18,23). The Balaban J connectivity index is 3.84. The molecule has 26 heavy (non-hydrogen) atoms. The van der Waals surface area contributed by atoms with Crippen molar-refractivity contribution in [2.45, 2.75) is 26.4 Å². The van der Waals surface area contributed by atoms with Crippen LogP contribution in [-0.2, 0) is 33.4 Å². The van der Waals surface area contributed by atoms with Crippen molar-refractivity contribution in [3.05, 3.63) is 0 Å². The third-order valence-electron chi connectivity index (χ3n) is 2.44. The van der Waals surface area contributed by atoms with Crippen LogP contribution in [0.2, 0.25) is 0 Å². The van der Waals surface area contributed by atoms with Crippen LogP contribution in [0.3, 0.4) is 0 Å². The third kappa shape index (κ3) is 13.7. The first-order valence-corrected chi connectivity index (χ1v) is 7.72. The van der Waals surface area contributed by atoms with Gasteiger partial charge in [-0.05, 0) is 20.8 Å². The van der Waals surface area contributed by atoms with Crippen molar-refractivity contribution < 1.29 is 38.2 Å². The molecule has 0 aromatic rings. The van der Waals surface area contributed by atoms with Crippen LogP contribution in [0.5, 0.6) is 0 Å². The number of hydrogen-bond donors (Lipinski definition) is 3. The first-order chi connectivity index (χ1) is 12.0.